The lowest BCUT2D eigenvalue weighted by atomic mass is 9.97. The predicted molar refractivity (Wildman–Crippen MR) is 58.6 cm³/mol. The zero-order valence-electron chi connectivity index (χ0n) is 9.14. The van der Waals surface area contributed by atoms with Gasteiger partial charge in [0.05, 0.1) is 24.5 Å². The maximum absolute atomic E-state index is 9.39. The molecule has 0 bridgehead atoms. The number of nitrogens with one attached hydrogen (secondary N) is 1. The molecule has 1 aliphatic rings. The number of aliphatic hydroxyl groups excluding tert-OH is 1. The van der Waals surface area contributed by atoms with E-state index in [1.807, 2.05) is 13.0 Å². The maximum Gasteiger partial charge on any atom is 0.158 e. The Bertz CT molecular complexity index is 407. The van der Waals surface area contributed by atoms with Crippen LogP contribution in [-0.4, -0.2) is 27.2 Å². The molecule has 1 atom stereocenters. The number of anilines is 1. The number of nitriles is 1. The minimum Gasteiger partial charge on any atom is -0.394 e. The van der Waals surface area contributed by atoms with E-state index in [0.717, 1.165) is 12.8 Å². The molecule has 0 saturated heterocycles. The summed E-state index contributed by atoms with van der Waals surface area (Å²) in [5.41, 5.74) is -0.0364. The summed E-state index contributed by atoms with van der Waals surface area (Å²) >= 11 is 0. The zero-order valence-corrected chi connectivity index (χ0v) is 9.14. The van der Waals surface area contributed by atoms with E-state index in [4.69, 9.17) is 5.26 Å². The first-order valence-electron chi connectivity index (χ1n) is 5.29. The monoisotopic (exact) mass is 218 g/mol. The van der Waals surface area contributed by atoms with Gasteiger partial charge in [-0.3, -0.25) is 0 Å². The van der Waals surface area contributed by atoms with Gasteiger partial charge in [-0.15, -0.1) is 0 Å². The number of hydrogen-bond acceptors (Lipinski definition) is 5. The van der Waals surface area contributed by atoms with E-state index >= 15 is 0 Å². The standard InChI is InChI=1S/C11H14N4O/c1-11(7-16,8-2-3-8)15-10-6-13-9(4-12)5-14-10/h5-6,8,16H,2-3,7H2,1H3,(H,14,15). The van der Waals surface area contributed by atoms with E-state index in [1.54, 1.807) is 0 Å². The van der Waals surface area contributed by atoms with Crippen molar-refractivity contribution in [1.82, 2.24) is 9.97 Å². The molecular formula is C11H14N4O. The first-order chi connectivity index (χ1) is 7.68. The lowest BCUT2D eigenvalue weighted by molar-refractivity contribution is 0.205. The van der Waals surface area contributed by atoms with Crippen LogP contribution < -0.4 is 5.32 Å². The van der Waals surface area contributed by atoms with Crippen molar-refractivity contribution in [2.75, 3.05) is 11.9 Å². The van der Waals surface area contributed by atoms with Crippen molar-refractivity contribution < 1.29 is 5.11 Å². The smallest absolute Gasteiger partial charge is 0.158 e. The van der Waals surface area contributed by atoms with E-state index in [-0.39, 0.29) is 12.1 Å². The third-order valence-corrected chi connectivity index (χ3v) is 2.99. The molecule has 84 valence electrons. The molecule has 2 rings (SSSR count). The minimum absolute atomic E-state index is 0.0688. The van der Waals surface area contributed by atoms with Gasteiger partial charge < -0.3 is 10.4 Å². The Balaban J connectivity index is 2.10. The average molecular weight is 218 g/mol. The Kier molecular flexibility index (Phi) is 2.75. The SMILES string of the molecule is CC(CO)(Nc1cnc(C#N)cn1)C1CC1. The minimum atomic E-state index is -0.331. The Labute approximate surface area is 94.2 Å². The fourth-order valence-corrected chi connectivity index (χ4v) is 1.73. The van der Waals surface area contributed by atoms with Crippen molar-refractivity contribution in [3.05, 3.63) is 18.1 Å². The lowest BCUT2D eigenvalue weighted by Crippen LogP contribution is -2.41. The van der Waals surface area contributed by atoms with Crippen LogP contribution in [-0.2, 0) is 0 Å². The Hall–Kier alpha value is -1.67. The highest BCUT2D eigenvalue weighted by molar-refractivity contribution is 5.37. The summed E-state index contributed by atoms with van der Waals surface area (Å²) in [5.74, 6) is 1.09. The lowest BCUT2D eigenvalue weighted by Gasteiger charge is -2.29. The molecule has 0 aliphatic heterocycles. The van der Waals surface area contributed by atoms with Gasteiger partial charge in [0.2, 0.25) is 0 Å². The third kappa shape index (κ3) is 2.12. The summed E-state index contributed by atoms with van der Waals surface area (Å²) in [6, 6.07) is 1.92. The number of rotatable bonds is 4. The van der Waals surface area contributed by atoms with Gasteiger partial charge in [-0.05, 0) is 25.7 Å². The molecule has 5 heteroatoms. The Morgan fingerprint density at radius 2 is 2.31 bits per heavy atom. The van der Waals surface area contributed by atoms with Crippen LogP contribution in [0.5, 0.6) is 0 Å². The van der Waals surface area contributed by atoms with Crippen molar-refractivity contribution in [3.8, 4) is 6.07 Å². The van der Waals surface area contributed by atoms with Crippen molar-refractivity contribution in [2.45, 2.75) is 25.3 Å². The molecule has 1 fully saturated rings. The summed E-state index contributed by atoms with van der Waals surface area (Å²) in [4.78, 5) is 8.01. The summed E-state index contributed by atoms with van der Waals surface area (Å²) in [6.45, 7) is 2.05. The van der Waals surface area contributed by atoms with Crippen molar-refractivity contribution in [3.63, 3.8) is 0 Å². The van der Waals surface area contributed by atoms with Gasteiger partial charge in [-0.2, -0.15) is 5.26 Å². The zero-order chi connectivity index (χ0) is 11.6. The molecule has 0 spiro atoms. The van der Waals surface area contributed by atoms with Crippen LogP contribution in [0, 0.1) is 17.2 Å². The normalized spacial score (nSPS) is 18.6. The Morgan fingerprint density at radius 3 is 2.75 bits per heavy atom. The molecule has 0 radical (unpaired) electrons. The molecular weight excluding hydrogens is 204 g/mol. The van der Waals surface area contributed by atoms with E-state index in [1.165, 1.54) is 12.4 Å². The van der Waals surface area contributed by atoms with Gasteiger partial charge in [0.25, 0.3) is 0 Å². The van der Waals surface area contributed by atoms with Gasteiger partial charge in [0, 0.05) is 0 Å². The van der Waals surface area contributed by atoms with Crippen LogP contribution >= 0.6 is 0 Å². The molecule has 1 aromatic heterocycles. The second-order valence-corrected chi connectivity index (χ2v) is 4.37. The average Bonchev–Trinajstić information content (AvgIpc) is 3.14. The number of hydrogen-bond donors (Lipinski definition) is 2. The predicted octanol–water partition coefficient (Wildman–Crippen LogP) is 0.921. The first kappa shape index (κ1) is 10.8. The van der Waals surface area contributed by atoms with Crippen LogP contribution in [0.15, 0.2) is 12.4 Å². The van der Waals surface area contributed by atoms with Crippen molar-refractivity contribution >= 4 is 5.82 Å². The first-order valence-corrected chi connectivity index (χ1v) is 5.29. The van der Waals surface area contributed by atoms with Gasteiger partial charge in [0.1, 0.15) is 11.9 Å². The van der Waals surface area contributed by atoms with Gasteiger partial charge in [-0.25, -0.2) is 9.97 Å². The molecule has 0 amide bonds. The highest BCUT2D eigenvalue weighted by Crippen LogP contribution is 2.40. The molecule has 1 aliphatic carbocycles. The number of aromatic nitrogens is 2. The highest BCUT2D eigenvalue weighted by Gasteiger charge is 2.41. The fourth-order valence-electron chi connectivity index (χ4n) is 1.73. The van der Waals surface area contributed by atoms with Crippen LogP contribution in [0.3, 0.4) is 0 Å². The summed E-state index contributed by atoms with van der Waals surface area (Å²) in [7, 11) is 0. The second kappa shape index (κ2) is 4.06. The molecule has 1 saturated carbocycles. The van der Waals surface area contributed by atoms with Gasteiger partial charge >= 0.3 is 0 Å². The Morgan fingerprint density at radius 1 is 1.56 bits per heavy atom. The third-order valence-electron chi connectivity index (χ3n) is 2.99. The van der Waals surface area contributed by atoms with E-state index in [9.17, 15) is 5.11 Å². The van der Waals surface area contributed by atoms with Crippen molar-refractivity contribution in [1.29, 1.82) is 5.26 Å². The fraction of sp³-hybridized carbons (Fsp3) is 0.545. The largest absolute Gasteiger partial charge is 0.394 e. The molecule has 16 heavy (non-hydrogen) atoms. The summed E-state index contributed by atoms with van der Waals surface area (Å²) in [5, 5.41) is 21.2. The molecule has 0 aromatic carbocycles. The molecule has 1 aromatic rings. The van der Waals surface area contributed by atoms with E-state index in [2.05, 4.69) is 15.3 Å². The van der Waals surface area contributed by atoms with E-state index < -0.39 is 0 Å². The topological polar surface area (TPSA) is 81.8 Å². The maximum atomic E-state index is 9.39. The van der Waals surface area contributed by atoms with Gasteiger partial charge in [0.15, 0.2) is 5.69 Å². The number of aliphatic hydroxyl groups is 1. The second-order valence-electron chi connectivity index (χ2n) is 4.37. The molecule has 5 nitrogen and oxygen atoms in total. The summed E-state index contributed by atoms with van der Waals surface area (Å²) < 4.78 is 0. The van der Waals surface area contributed by atoms with Gasteiger partial charge in [-0.1, -0.05) is 0 Å². The summed E-state index contributed by atoms with van der Waals surface area (Å²) in [6.07, 6.45) is 5.21. The number of nitrogens with zero attached hydrogens (tertiary/aromatic N) is 3. The molecule has 2 N–H and O–H groups in total. The molecule has 1 unspecified atom stereocenters. The molecule has 1 heterocycles. The highest BCUT2D eigenvalue weighted by atomic mass is 16.3. The van der Waals surface area contributed by atoms with Crippen LogP contribution in [0.4, 0.5) is 5.82 Å². The van der Waals surface area contributed by atoms with Crippen LogP contribution in [0.25, 0.3) is 0 Å². The van der Waals surface area contributed by atoms with Crippen LogP contribution in [0.2, 0.25) is 0 Å². The van der Waals surface area contributed by atoms with E-state index in [0.29, 0.717) is 17.4 Å². The van der Waals surface area contributed by atoms with Crippen molar-refractivity contribution in [2.24, 2.45) is 5.92 Å². The quantitative estimate of drug-likeness (QED) is 0.785. The van der Waals surface area contributed by atoms with Crippen LogP contribution in [0.1, 0.15) is 25.5 Å².